The molecular weight excluding hydrogens is 602 g/mol. The first-order valence-corrected chi connectivity index (χ1v) is 13.4. The topological polar surface area (TPSA) is 232 Å². The number of rotatable bonds is 7. The normalized spacial score (nSPS) is 11.5. The molecule has 4 rings (SSSR count). The van der Waals surface area contributed by atoms with Gasteiger partial charge in [-0.25, -0.2) is 8.42 Å². The summed E-state index contributed by atoms with van der Waals surface area (Å²) in [5.74, 6) is -2.02. The summed E-state index contributed by atoms with van der Waals surface area (Å²) >= 11 is 0. The summed E-state index contributed by atoms with van der Waals surface area (Å²) in [5.41, 5.74) is -1.86. The first-order valence-electron chi connectivity index (χ1n) is 10.5. The summed E-state index contributed by atoms with van der Waals surface area (Å²) in [6, 6.07) is 14.3. The number of carbonyl (C=O) groups is 1. The molecule has 4 aromatic carbocycles. The van der Waals surface area contributed by atoms with E-state index < -0.39 is 68.8 Å². The number of hydrogen-bond donors (Lipinski definition) is 2. The molecule has 0 aliphatic rings. The van der Waals surface area contributed by atoms with Crippen molar-refractivity contribution in [3.63, 3.8) is 0 Å². The smallest absolute Gasteiger partial charge is 0.870 e. The van der Waals surface area contributed by atoms with E-state index in [1.165, 1.54) is 24.3 Å². The van der Waals surface area contributed by atoms with E-state index in [4.69, 9.17) is 0 Å². The van der Waals surface area contributed by atoms with E-state index in [9.17, 15) is 46.0 Å². The van der Waals surface area contributed by atoms with Crippen LogP contribution in [0.5, 0.6) is 5.75 Å². The first-order chi connectivity index (χ1) is 18.3. The van der Waals surface area contributed by atoms with Gasteiger partial charge in [0.2, 0.25) is 0 Å². The average Bonchev–Trinajstić information content (AvgIpc) is 2.87. The van der Waals surface area contributed by atoms with Gasteiger partial charge in [-0.05, 0) is 47.2 Å². The molecule has 0 saturated carbocycles. The number of nitro groups is 1. The molecule has 0 unspecified atom stereocenters. The van der Waals surface area contributed by atoms with Crippen LogP contribution in [0.15, 0.2) is 92.8 Å². The van der Waals surface area contributed by atoms with E-state index in [1.54, 1.807) is 18.2 Å². The molecular formula is C23H14N4Na2O10S2. The maximum absolute atomic E-state index is 13.5. The Morgan fingerprint density at radius 2 is 1.56 bits per heavy atom. The second-order valence-electron chi connectivity index (χ2n) is 7.85. The SMILES string of the molecule is O=C(Nc1cc(S(=O)(=O)O)cc2cc(S(=O)(=O)[O-])c(N=Nc3cccc([N+](=O)[O-])c3)c([O-])c12)c1ccccc1.[Na+].[Na+]. The minimum atomic E-state index is -5.41. The molecule has 0 atom stereocenters. The van der Waals surface area contributed by atoms with Crippen LogP contribution in [-0.2, 0) is 20.2 Å². The number of nitro benzene ring substituents is 1. The Morgan fingerprint density at radius 3 is 2.15 bits per heavy atom. The van der Waals surface area contributed by atoms with Gasteiger partial charge in [-0.1, -0.05) is 30.0 Å². The van der Waals surface area contributed by atoms with Crippen LogP contribution in [-0.4, -0.2) is 36.8 Å². The Bertz CT molecular complexity index is 1900. The van der Waals surface area contributed by atoms with Gasteiger partial charge in [-0.15, -0.1) is 5.11 Å². The van der Waals surface area contributed by atoms with Crippen molar-refractivity contribution >= 4 is 59.7 Å². The number of anilines is 1. The molecule has 18 heteroatoms. The maximum atomic E-state index is 13.5. The van der Waals surface area contributed by atoms with Crippen molar-refractivity contribution in [3.8, 4) is 5.75 Å². The van der Waals surface area contributed by atoms with Crippen LogP contribution in [0.3, 0.4) is 0 Å². The Kier molecular flexibility index (Phi) is 11.3. The summed E-state index contributed by atoms with van der Waals surface area (Å²) < 4.78 is 69.3. The van der Waals surface area contributed by atoms with Crippen molar-refractivity contribution in [1.29, 1.82) is 0 Å². The van der Waals surface area contributed by atoms with Gasteiger partial charge in [0.1, 0.15) is 10.1 Å². The van der Waals surface area contributed by atoms with E-state index in [-0.39, 0.29) is 76.1 Å². The molecule has 4 aromatic rings. The molecule has 0 aromatic heterocycles. The third-order valence-corrected chi connectivity index (χ3v) is 6.94. The largest absolute Gasteiger partial charge is 1.00 e. The summed E-state index contributed by atoms with van der Waals surface area (Å²) in [7, 11) is -10.3. The summed E-state index contributed by atoms with van der Waals surface area (Å²) in [6.45, 7) is 0. The van der Waals surface area contributed by atoms with E-state index in [1.807, 2.05) is 0 Å². The maximum Gasteiger partial charge on any atom is 1.00 e. The van der Waals surface area contributed by atoms with Crippen LogP contribution in [0, 0.1) is 10.1 Å². The molecule has 0 saturated heterocycles. The van der Waals surface area contributed by atoms with Crippen LogP contribution in [0.25, 0.3) is 10.8 Å². The number of azo groups is 1. The van der Waals surface area contributed by atoms with E-state index >= 15 is 0 Å². The Morgan fingerprint density at radius 1 is 0.902 bits per heavy atom. The van der Waals surface area contributed by atoms with Gasteiger partial charge in [0.05, 0.1) is 26.1 Å². The second kappa shape index (κ2) is 13.5. The van der Waals surface area contributed by atoms with Crippen molar-refractivity contribution in [3.05, 3.63) is 88.5 Å². The molecule has 2 N–H and O–H groups in total. The zero-order valence-corrected chi connectivity index (χ0v) is 26.8. The fourth-order valence-corrected chi connectivity index (χ4v) is 4.72. The van der Waals surface area contributed by atoms with E-state index in [0.29, 0.717) is 6.07 Å². The van der Waals surface area contributed by atoms with Crippen molar-refractivity contribution < 1.29 is 99.9 Å². The van der Waals surface area contributed by atoms with Crippen LogP contribution in [0.1, 0.15) is 10.4 Å². The summed E-state index contributed by atoms with van der Waals surface area (Å²) in [6.07, 6.45) is 0. The second-order valence-corrected chi connectivity index (χ2v) is 10.6. The number of benzene rings is 4. The summed E-state index contributed by atoms with van der Waals surface area (Å²) in [4.78, 5) is 21.1. The van der Waals surface area contributed by atoms with Gasteiger partial charge >= 0.3 is 59.1 Å². The monoisotopic (exact) mass is 616 g/mol. The van der Waals surface area contributed by atoms with Crippen molar-refractivity contribution in [2.45, 2.75) is 9.79 Å². The molecule has 0 fully saturated rings. The number of hydrogen-bond acceptors (Lipinski definition) is 11. The molecule has 0 radical (unpaired) electrons. The van der Waals surface area contributed by atoms with Crippen LogP contribution >= 0.6 is 0 Å². The number of amides is 1. The van der Waals surface area contributed by atoms with Gasteiger partial charge in [0.15, 0.2) is 0 Å². The fraction of sp³-hybridized carbons (Fsp3) is 0. The number of fused-ring (bicyclic) bond motifs is 1. The Labute approximate surface area is 276 Å². The van der Waals surface area contributed by atoms with E-state index in [0.717, 1.165) is 24.3 Å². The Balaban J connectivity index is 0.00000294. The fourth-order valence-electron chi connectivity index (χ4n) is 3.54. The van der Waals surface area contributed by atoms with Crippen LogP contribution < -0.4 is 69.5 Å². The minimum Gasteiger partial charge on any atom is -0.870 e. The predicted octanol–water partition coefficient (Wildman–Crippen LogP) is -2.35. The van der Waals surface area contributed by atoms with Gasteiger partial charge in [0.25, 0.3) is 21.7 Å². The molecule has 1 amide bonds. The zero-order chi connectivity index (χ0) is 28.5. The van der Waals surface area contributed by atoms with Crippen LogP contribution in [0.4, 0.5) is 22.7 Å². The van der Waals surface area contributed by atoms with Crippen molar-refractivity contribution in [2.75, 3.05) is 5.32 Å². The molecule has 41 heavy (non-hydrogen) atoms. The molecule has 0 heterocycles. The minimum absolute atomic E-state index is 0. The molecule has 0 aliphatic carbocycles. The quantitative estimate of drug-likeness (QED) is 0.0738. The van der Waals surface area contributed by atoms with Gasteiger partial charge < -0.3 is 15.0 Å². The average molecular weight is 616 g/mol. The zero-order valence-electron chi connectivity index (χ0n) is 21.2. The van der Waals surface area contributed by atoms with Crippen molar-refractivity contribution in [2.24, 2.45) is 10.2 Å². The first kappa shape index (κ1) is 34.4. The number of carbonyl (C=O) groups excluding carboxylic acids is 1. The van der Waals surface area contributed by atoms with Gasteiger partial charge in [0, 0.05) is 23.4 Å². The van der Waals surface area contributed by atoms with Gasteiger partial charge in [-0.2, -0.15) is 13.5 Å². The molecule has 0 aliphatic heterocycles. The number of nitrogens with one attached hydrogen (secondary N) is 1. The van der Waals surface area contributed by atoms with Crippen molar-refractivity contribution in [1.82, 2.24) is 0 Å². The molecule has 0 spiro atoms. The molecule has 14 nitrogen and oxygen atoms in total. The number of non-ortho nitro benzene ring substituents is 1. The summed E-state index contributed by atoms with van der Waals surface area (Å²) in [5, 5.41) is 33.2. The standard InChI is InChI=1S/C23H16N4O10S2.2Na/c28-22-20-14(9-17(38(32,33)34)12-18(20)24-23(29)13-5-2-1-3-6-13)10-19(39(35,36)37)21(22)26-25-15-7-4-8-16(11-15)27(30)31;;/h1-12,28H,(H,24,29)(H,32,33,34)(H,35,36,37);;/q;2*+1/p-2. The molecule has 0 bridgehead atoms. The van der Waals surface area contributed by atoms with Crippen LogP contribution in [0.2, 0.25) is 0 Å². The number of nitrogens with zero attached hydrogens (tertiary/aromatic N) is 3. The third kappa shape index (κ3) is 7.95. The predicted molar refractivity (Wildman–Crippen MR) is 133 cm³/mol. The molecule has 200 valence electrons. The third-order valence-electron chi connectivity index (χ3n) is 5.26. The van der Waals surface area contributed by atoms with Gasteiger partial charge in [-0.3, -0.25) is 19.5 Å². The van der Waals surface area contributed by atoms with E-state index in [2.05, 4.69) is 15.5 Å². The Hall–Kier alpha value is -2.77.